The summed E-state index contributed by atoms with van der Waals surface area (Å²) in [6, 6.07) is 5.69. The Balaban J connectivity index is 2.31. The van der Waals surface area contributed by atoms with E-state index in [2.05, 4.69) is 15.3 Å². The van der Waals surface area contributed by atoms with E-state index in [-0.39, 0.29) is 0 Å². The maximum Gasteiger partial charge on any atom is 0.131 e. The molecule has 2 heterocycles. The van der Waals surface area contributed by atoms with Crippen LogP contribution < -0.4 is 11.1 Å². The number of anilines is 2. The minimum atomic E-state index is 0.367. The molecule has 0 aliphatic rings. The molecule has 4 nitrogen and oxygen atoms in total. The number of hydrogen-bond acceptors (Lipinski definition) is 4. The highest BCUT2D eigenvalue weighted by atomic mass is 32.1. The zero-order valence-electron chi connectivity index (χ0n) is 10.3. The number of thiocarbonyl (C=S) groups is 1. The topological polar surface area (TPSA) is 63.8 Å². The summed E-state index contributed by atoms with van der Waals surface area (Å²) in [5.74, 6) is 0.713. The van der Waals surface area contributed by atoms with Gasteiger partial charge in [-0.15, -0.1) is 0 Å². The fourth-order valence-corrected chi connectivity index (χ4v) is 1.76. The Labute approximate surface area is 111 Å². The van der Waals surface area contributed by atoms with Crippen molar-refractivity contribution in [2.24, 2.45) is 5.73 Å². The van der Waals surface area contributed by atoms with E-state index >= 15 is 0 Å². The molecule has 0 aromatic carbocycles. The Morgan fingerprint density at radius 3 is 2.67 bits per heavy atom. The van der Waals surface area contributed by atoms with E-state index in [4.69, 9.17) is 18.0 Å². The minimum absolute atomic E-state index is 0.367. The van der Waals surface area contributed by atoms with Gasteiger partial charge in [-0.2, -0.15) is 0 Å². The van der Waals surface area contributed by atoms with E-state index in [0.717, 1.165) is 22.5 Å². The van der Waals surface area contributed by atoms with Crippen LogP contribution in [0, 0.1) is 13.8 Å². The molecule has 2 aromatic rings. The van der Waals surface area contributed by atoms with Crippen molar-refractivity contribution in [1.82, 2.24) is 9.97 Å². The summed E-state index contributed by atoms with van der Waals surface area (Å²) < 4.78 is 0. The lowest BCUT2D eigenvalue weighted by atomic mass is 10.2. The number of nitrogens with one attached hydrogen (secondary N) is 1. The van der Waals surface area contributed by atoms with Crippen molar-refractivity contribution >= 4 is 28.7 Å². The standard InChI is InChI=1S/C13H14N4S/c1-8-3-11(7-15-6-8)17-12-5-10(13(14)18)4-9(2)16-12/h3-7H,1-2H3,(H2,14,18)(H,16,17). The van der Waals surface area contributed by atoms with Gasteiger partial charge in [-0.05, 0) is 37.6 Å². The third-order valence-electron chi connectivity index (χ3n) is 2.39. The first-order valence-electron chi connectivity index (χ1n) is 5.52. The molecule has 2 rings (SSSR count). The Bertz CT molecular complexity index is 595. The minimum Gasteiger partial charge on any atom is -0.389 e. The zero-order valence-corrected chi connectivity index (χ0v) is 11.1. The molecule has 92 valence electrons. The van der Waals surface area contributed by atoms with Gasteiger partial charge >= 0.3 is 0 Å². The highest BCUT2D eigenvalue weighted by molar-refractivity contribution is 7.80. The van der Waals surface area contributed by atoms with E-state index in [0.29, 0.717) is 10.8 Å². The van der Waals surface area contributed by atoms with Gasteiger partial charge in [-0.3, -0.25) is 4.98 Å². The van der Waals surface area contributed by atoms with Crippen LogP contribution in [0.5, 0.6) is 0 Å². The van der Waals surface area contributed by atoms with Crippen molar-refractivity contribution in [2.45, 2.75) is 13.8 Å². The van der Waals surface area contributed by atoms with Crippen molar-refractivity contribution in [3.63, 3.8) is 0 Å². The molecule has 0 aliphatic carbocycles. The van der Waals surface area contributed by atoms with Crippen LogP contribution >= 0.6 is 12.2 Å². The molecule has 5 heteroatoms. The second-order valence-electron chi connectivity index (χ2n) is 4.12. The lowest BCUT2D eigenvalue weighted by Crippen LogP contribution is -2.10. The molecule has 0 unspecified atom stereocenters. The first-order valence-corrected chi connectivity index (χ1v) is 5.92. The predicted octanol–water partition coefficient (Wildman–Crippen LogP) is 2.47. The Kier molecular flexibility index (Phi) is 3.53. The molecule has 2 aromatic heterocycles. The molecule has 0 bridgehead atoms. The van der Waals surface area contributed by atoms with Crippen LogP contribution in [0.2, 0.25) is 0 Å². The normalized spacial score (nSPS) is 10.1. The van der Waals surface area contributed by atoms with Crippen LogP contribution in [-0.4, -0.2) is 15.0 Å². The largest absolute Gasteiger partial charge is 0.389 e. The number of aromatic nitrogens is 2. The number of nitrogens with two attached hydrogens (primary N) is 1. The predicted molar refractivity (Wildman–Crippen MR) is 77.1 cm³/mol. The van der Waals surface area contributed by atoms with E-state index in [1.54, 1.807) is 12.4 Å². The molecule has 0 amide bonds. The van der Waals surface area contributed by atoms with E-state index in [9.17, 15) is 0 Å². The molecular formula is C13H14N4S. The summed E-state index contributed by atoms with van der Waals surface area (Å²) in [7, 11) is 0. The van der Waals surface area contributed by atoms with Gasteiger partial charge in [0.05, 0.1) is 11.9 Å². The third kappa shape index (κ3) is 3.01. The first-order chi connectivity index (χ1) is 8.54. The van der Waals surface area contributed by atoms with Crippen LogP contribution in [0.3, 0.4) is 0 Å². The SMILES string of the molecule is Cc1cncc(Nc2cc(C(N)=S)cc(C)n2)c1. The molecule has 0 radical (unpaired) electrons. The van der Waals surface area contributed by atoms with Crippen LogP contribution in [-0.2, 0) is 0 Å². The van der Waals surface area contributed by atoms with Crippen molar-refractivity contribution in [3.8, 4) is 0 Å². The monoisotopic (exact) mass is 258 g/mol. The number of nitrogens with zero attached hydrogens (tertiary/aromatic N) is 2. The average molecular weight is 258 g/mol. The maximum absolute atomic E-state index is 5.63. The number of hydrogen-bond donors (Lipinski definition) is 2. The van der Waals surface area contributed by atoms with E-state index in [1.165, 1.54) is 0 Å². The van der Waals surface area contributed by atoms with E-state index < -0.39 is 0 Å². The number of rotatable bonds is 3. The van der Waals surface area contributed by atoms with E-state index in [1.807, 2.05) is 32.0 Å². The fraction of sp³-hybridized carbons (Fsp3) is 0.154. The van der Waals surface area contributed by atoms with Gasteiger partial charge in [-0.1, -0.05) is 12.2 Å². The smallest absolute Gasteiger partial charge is 0.131 e. The second kappa shape index (κ2) is 5.10. The summed E-state index contributed by atoms with van der Waals surface area (Å²) in [5.41, 5.74) is 9.28. The molecule has 0 spiro atoms. The van der Waals surface area contributed by atoms with Gasteiger partial charge in [0.25, 0.3) is 0 Å². The lowest BCUT2D eigenvalue weighted by Gasteiger charge is -2.08. The van der Waals surface area contributed by atoms with Crippen LogP contribution in [0.25, 0.3) is 0 Å². The molecule has 18 heavy (non-hydrogen) atoms. The quantitative estimate of drug-likeness (QED) is 0.828. The summed E-state index contributed by atoms with van der Waals surface area (Å²) in [5, 5.41) is 3.19. The van der Waals surface area contributed by atoms with Crippen molar-refractivity contribution < 1.29 is 0 Å². The van der Waals surface area contributed by atoms with Crippen molar-refractivity contribution in [2.75, 3.05) is 5.32 Å². The summed E-state index contributed by atoms with van der Waals surface area (Å²) in [6.07, 6.45) is 3.55. The summed E-state index contributed by atoms with van der Waals surface area (Å²) in [6.45, 7) is 3.89. The summed E-state index contributed by atoms with van der Waals surface area (Å²) >= 11 is 4.98. The summed E-state index contributed by atoms with van der Waals surface area (Å²) in [4.78, 5) is 8.87. The fourth-order valence-electron chi connectivity index (χ4n) is 1.65. The molecule has 0 saturated heterocycles. The third-order valence-corrected chi connectivity index (χ3v) is 2.62. The Morgan fingerprint density at radius 1 is 1.22 bits per heavy atom. The van der Waals surface area contributed by atoms with Gasteiger partial charge < -0.3 is 11.1 Å². The first kappa shape index (κ1) is 12.4. The van der Waals surface area contributed by atoms with Gasteiger partial charge in [0, 0.05) is 17.5 Å². The second-order valence-corrected chi connectivity index (χ2v) is 4.56. The Morgan fingerprint density at radius 2 is 2.00 bits per heavy atom. The van der Waals surface area contributed by atoms with Gasteiger partial charge in [0.2, 0.25) is 0 Å². The molecule has 0 saturated carbocycles. The number of pyridine rings is 2. The van der Waals surface area contributed by atoms with Crippen molar-refractivity contribution in [1.29, 1.82) is 0 Å². The van der Waals surface area contributed by atoms with Crippen LogP contribution in [0.4, 0.5) is 11.5 Å². The molecule has 0 atom stereocenters. The highest BCUT2D eigenvalue weighted by Gasteiger charge is 2.03. The van der Waals surface area contributed by atoms with Gasteiger partial charge in [0.1, 0.15) is 10.8 Å². The molecular weight excluding hydrogens is 244 g/mol. The molecule has 3 N–H and O–H groups in total. The lowest BCUT2D eigenvalue weighted by molar-refractivity contribution is 1.18. The number of aryl methyl sites for hydroxylation is 2. The molecule has 0 fully saturated rings. The average Bonchev–Trinajstić information content (AvgIpc) is 2.28. The highest BCUT2D eigenvalue weighted by Crippen LogP contribution is 2.16. The van der Waals surface area contributed by atoms with Crippen LogP contribution in [0.15, 0.2) is 30.6 Å². The van der Waals surface area contributed by atoms with Crippen LogP contribution in [0.1, 0.15) is 16.8 Å². The molecule has 0 aliphatic heterocycles. The van der Waals surface area contributed by atoms with Gasteiger partial charge in [-0.25, -0.2) is 4.98 Å². The van der Waals surface area contributed by atoms with Gasteiger partial charge in [0.15, 0.2) is 0 Å². The Hall–Kier alpha value is -2.01. The zero-order chi connectivity index (χ0) is 13.1. The maximum atomic E-state index is 5.63. The van der Waals surface area contributed by atoms with Crippen molar-refractivity contribution in [3.05, 3.63) is 47.4 Å².